The highest BCUT2D eigenvalue weighted by atomic mass is 32.2. The molecule has 26 heavy (non-hydrogen) atoms. The standard InChI is InChI=1S/C14H20O5.C5H12OS/c1-3-5-12(13(15)18-4-2)10-6-8-11(9-7-10)19-14(16)17;1-3-6-4-5-7-2/h6-9,12,14,16-17H,3-5H2,1-2H3;3-5H2,1-2H3. The smallest absolute Gasteiger partial charge is 0.313 e. The lowest BCUT2D eigenvalue weighted by Crippen LogP contribution is -2.16. The minimum atomic E-state index is -1.85. The van der Waals surface area contributed by atoms with Crippen molar-refractivity contribution < 1.29 is 29.2 Å². The quantitative estimate of drug-likeness (QED) is 0.342. The fourth-order valence-corrected chi connectivity index (χ4v) is 2.42. The van der Waals surface area contributed by atoms with Gasteiger partial charge in [0.1, 0.15) is 5.75 Å². The summed E-state index contributed by atoms with van der Waals surface area (Å²) in [5.74, 6) is 0.921. The van der Waals surface area contributed by atoms with Gasteiger partial charge >= 0.3 is 12.4 Å². The first-order valence-corrected chi connectivity index (χ1v) is 10.2. The monoisotopic (exact) mass is 388 g/mol. The molecule has 0 saturated carbocycles. The molecule has 6 nitrogen and oxygen atoms in total. The normalized spacial score (nSPS) is 11.5. The van der Waals surface area contributed by atoms with Crippen molar-refractivity contribution in [2.24, 2.45) is 0 Å². The summed E-state index contributed by atoms with van der Waals surface area (Å²) in [5.41, 5.74) is 0.833. The molecule has 0 bridgehead atoms. The first-order valence-electron chi connectivity index (χ1n) is 8.86. The zero-order chi connectivity index (χ0) is 19.8. The summed E-state index contributed by atoms with van der Waals surface area (Å²) >= 11 is 1.82. The van der Waals surface area contributed by atoms with Crippen LogP contribution < -0.4 is 4.74 Å². The summed E-state index contributed by atoms with van der Waals surface area (Å²) < 4.78 is 14.8. The van der Waals surface area contributed by atoms with Crippen molar-refractivity contribution in [1.29, 1.82) is 0 Å². The molecule has 0 heterocycles. The maximum absolute atomic E-state index is 11.9. The summed E-state index contributed by atoms with van der Waals surface area (Å²) in [5, 5.41) is 17.4. The van der Waals surface area contributed by atoms with E-state index in [4.69, 9.17) is 24.4 Å². The van der Waals surface area contributed by atoms with Crippen LogP contribution in [0.25, 0.3) is 0 Å². The second-order valence-corrected chi connectivity index (χ2v) is 6.28. The Morgan fingerprint density at radius 2 is 1.77 bits per heavy atom. The van der Waals surface area contributed by atoms with E-state index >= 15 is 0 Å². The number of hydrogen-bond donors (Lipinski definition) is 2. The molecule has 1 aromatic rings. The molecule has 0 aliphatic rings. The molecule has 0 saturated heterocycles. The highest BCUT2D eigenvalue weighted by molar-refractivity contribution is 7.98. The first kappa shape index (κ1) is 24.7. The number of carbonyl (C=O) groups excluding carboxylic acids is 1. The van der Waals surface area contributed by atoms with Crippen LogP contribution in [0, 0.1) is 0 Å². The highest BCUT2D eigenvalue weighted by Gasteiger charge is 2.21. The predicted octanol–water partition coefficient (Wildman–Crippen LogP) is 3.17. The molecule has 1 unspecified atom stereocenters. The van der Waals surface area contributed by atoms with Gasteiger partial charge in [0.2, 0.25) is 0 Å². The third-order valence-electron chi connectivity index (χ3n) is 3.31. The Labute approximate surface area is 160 Å². The molecule has 0 fully saturated rings. The van der Waals surface area contributed by atoms with E-state index in [1.165, 1.54) is 0 Å². The lowest BCUT2D eigenvalue weighted by Gasteiger charge is -2.16. The van der Waals surface area contributed by atoms with Crippen molar-refractivity contribution in [2.45, 2.75) is 46.0 Å². The van der Waals surface area contributed by atoms with Crippen LogP contribution in [0.1, 0.15) is 45.1 Å². The third kappa shape index (κ3) is 11.4. The Bertz CT molecular complexity index is 460. The second-order valence-electron chi connectivity index (χ2n) is 5.30. The van der Waals surface area contributed by atoms with Crippen LogP contribution in [-0.4, -0.2) is 54.5 Å². The van der Waals surface area contributed by atoms with Gasteiger partial charge in [0.05, 0.1) is 19.1 Å². The van der Waals surface area contributed by atoms with Gasteiger partial charge < -0.3 is 24.4 Å². The number of hydrogen-bond acceptors (Lipinski definition) is 7. The topological polar surface area (TPSA) is 85.2 Å². The molecule has 0 spiro atoms. The molecule has 150 valence electrons. The number of aliphatic hydroxyl groups is 2. The van der Waals surface area contributed by atoms with Gasteiger partial charge in [-0.05, 0) is 44.2 Å². The fourth-order valence-electron chi connectivity index (χ4n) is 2.14. The zero-order valence-corrected chi connectivity index (χ0v) is 17.0. The Morgan fingerprint density at radius 1 is 1.12 bits per heavy atom. The van der Waals surface area contributed by atoms with Gasteiger partial charge in [-0.1, -0.05) is 25.5 Å². The Balaban J connectivity index is 0.000000758. The van der Waals surface area contributed by atoms with Gasteiger partial charge in [0.15, 0.2) is 0 Å². The predicted molar refractivity (Wildman–Crippen MR) is 104 cm³/mol. The molecule has 0 radical (unpaired) electrons. The van der Waals surface area contributed by atoms with Crippen LogP contribution in [0.2, 0.25) is 0 Å². The largest absolute Gasteiger partial charge is 0.466 e. The van der Waals surface area contributed by atoms with Crippen molar-refractivity contribution in [1.82, 2.24) is 0 Å². The van der Waals surface area contributed by atoms with Crippen LogP contribution in [0.3, 0.4) is 0 Å². The van der Waals surface area contributed by atoms with E-state index in [0.717, 1.165) is 31.0 Å². The van der Waals surface area contributed by atoms with Gasteiger partial charge in [-0.3, -0.25) is 4.79 Å². The molecule has 0 amide bonds. The average molecular weight is 389 g/mol. The summed E-state index contributed by atoms with van der Waals surface area (Å²) in [6, 6.07) is 6.65. The number of carbonyl (C=O) groups is 1. The van der Waals surface area contributed by atoms with Crippen molar-refractivity contribution in [3.05, 3.63) is 29.8 Å². The number of aliphatic hydroxyl groups excluding tert-OH is 1. The van der Waals surface area contributed by atoms with E-state index in [9.17, 15) is 4.79 Å². The van der Waals surface area contributed by atoms with Gasteiger partial charge in [-0.25, -0.2) is 0 Å². The SMILES string of the molecule is CCCC(C(=O)OCC)c1ccc(OC(O)O)cc1.CCOCCSC. The fraction of sp³-hybridized carbons (Fsp3) is 0.632. The molecule has 0 aliphatic heterocycles. The van der Waals surface area contributed by atoms with Crippen molar-refractivity contribution >= 4 is 17.7 Å². The number of thioether (sulfide) groups is 1. The van der Waals surface area contributed by atoms with Crippen LogP contribution in [-0.2, 0) is 14.3 Å². The molecule has 1 atom stereocenters. The summed E-state index contributed by atoms with van der Waals surface area (Å²) in [6.45, 7) is 6.06. The molecule has 7 heteroatoms. The minimum absolute atomic E-state index is 0.236. The number of esters is 1. The van der Waals surface area contributed by atoms with E-state index in [2.05, 4.69) is 6.26 Å². The highest BCUT2D eigenvalue weighted by Crippen LogP contribution is 2.25. The zero-order valence-electron chi connectivity index (χ0n) is 16.1. The molecule has 1 aromatic carbocycles. The van der Waals surface area contributed by atoms with Crippen molar-refractivity contribution in [3.63, 3.8) is 0 Å². The van der Waals surface area contributed by atoms with Crippen molar-refractivity contribution in [2.75, 3.05) is 31.8 Å². The lowest BCUT2D eigenvalue weighted by molar-refractivity contribution is -0.179. The maximum atomic E-state index is 11.9. The van der Waals surface area contributed by atoms with Gasteiger partial charge in [-0.2, -0.15) is 11.8 Å². The van der Waals surface area contributed by atoms with E-state index in [0.29, 0.717) is 18.8 Å². The average Bonchev–Trinajstić information content (AvgIpc) is 2.61. The van der Waals surface area contributed by atoms with E-state index in [1.54, 1.807) is 31.2 Å². The van der Waals surface area contributed by atoms with E-state index < -0.39 is 6.48 Å². The van der Waals surface area contributed by atoms with Crippen LogP contribution in [0.5, 0.6) is 5.75 Å². The molecule has 2 N–H and O–H groups in total. The Morgan fingerprint density at radius 3 is 2.23 bits per heavy atom. The van der Waals surface area contributed by atoms with Gasteiger partial charge in [-0.15, -0.1) is 0 Å². The summed E-state index contributed by atoms with van der Waals surface area (Å²) in [6.07, 6.45) is 3.66. The number of benzene rings is 1. The molecular weight excluding hydrogens is 356 g/mol. The van der Waals surface area contributed by atoms with Gasteiger partial charge in [0.25, 0.3) is 0 Å². The van der Waals surface area contributed by atoms with E-state index in [-0.39, 0.29) is 11.9 Å². The Kier molecular flexibility index (Phi) is 15.2. The van der Waals surface area contributed by atoms with Crippen LogP contribution >= 0.6 is 11.8 Å². The molecular formula is C19H32O6S. The van der Waals surface area contributed by atoms with Crippen LogP contribution in [0.15, 0.2) is 24.3 Å². The summed E-state index contributed by atoms with van der Waals surface area (Å²) in [4.78, 5) is 11.9. The number of ether oxygens (including phenoxy) is 3. The molecule has 1 rings (SSSR count). The van der Waals surface area contributed by atoms with Crippen molar-refractivity contribution in [3.8, 4) is 5.75 Å². The second kappa shape index (κ2) is 15.9. The first-order chi connectivity index (χ1) is 12.5. The molecule has 0 aliphatic carbocycles. The minimum Gasteiger partial charge on any atom is -0.466 e. The summed E-state index contributed by atoms with van der Waals surface area (Å²) in [7, 11) is 0. The maximum Gasteiger partial charge on any atom is 0.313 e. The van der Waals surface area contributed by atoms with Gasteiger partial charge in [0, 0.05) is 12.4 Å². The van der Waals surface area contributed by atoms with Crippen LogP contribution in [0.4, 0.5) is 0 Å². The Hall–Kier alpha value is -1.28. The van der Waals surface area contributed by atoms with E-state index in [1.807, 2.05) is 25.6 Å². The molecule has 0 aromatic heterocycles. The number of rotatable bonds is 11. The lowest BCUT2D eigenvalue weighted by atomic mass is 9.94. The third-order valence-corrected chi connectivity index (χ3v) is 3.88.